The van der Waals surface area contributed by atoms with Crippen molar-refractivity contribution in [1.82, 2.24) is 0 Å². The van der Waals surface area contributed by atoms with Crippen LogP contribution in [0.25, 0.3) is 0 Å². The zero-order chi connectivity index (χ0) is 16.9. The van der Waals surface area contributed by atoms with E-state index >= 15 is 0 Å². The minimum atomic E-state index is -4.35. The predicted octanol–water partition coefficient (Wildman–Crippen LogP) is 5.92. The van der Waals surface area contributed by atoms with Crippen LogP contribution in [0.3, 0.4) is 0 Å². The van der Waals surface area contributed by atoms with Gasteiger partial charge in [0.2, 0.25) is 0 Å². The topological polar surface area (TPSA) is 27.7 Å². The van der Waals surface area contributed by atoms with Gasteiger partial charge in [0.05, 0.1) is 0 Å². The summed E-state index contributed by atoms with van der Waals surface area (Å²) in [5.74, 6) is -3.55. The third-order valence-corrected chi connectivity index (χ3v) is 8.56. The first-order valence-corrected chi connectivity index (χ1v) is 11.2. The molecule has 0 unspecified atom stereocenters. The van der Waals surface area contributed by atoms with Gasteiger partial charge in [0.1, 0.15) is 0 Å². The Labute approximate surface area is 137 Å². The van der Waals surface area contributed by atoms with E-state index in [1.165, 1.54) is 12.1 Å². The summed E-state index contributed by atoms with van der Waals surface area (Å²) < 4.78 is 55.2. The van der Waals surface area contributed by atoms with Crippen molar-refractivity contribution in [2.45, 2.75) is 33.1 Å². The molecule has 0 bridgehead atoms. The molecule has 0 fully saturated rings. The van der Waals surface area contributed by atoms with Crippen LogP contribution in [0.1, 0.15) is 31.9 Å². The molecule has 0 radical (unpaired) electrons. The van der Waals surface area contributed by atoms with Gasteiger partial charge in [-0.2, -0.15) is 0 Å². The predicted molar refractivity (Wildman–Crippen MR) is 85.9 cm³/mol. The van der Waals surface area contributed by atoms with Crippen molar-refractivity contribution in [3.05, 3.63) is 35.4 Å². The van der Waals surface area contributed by atoms with Crippen molar-refractivity contribution in [1.29, 1.82) is 0 Å². The van der Waals surface area contributed by atoms with Crippen LogP contribution in [-0.4, -0.2) is 19.8 Å². The molecule has 0 saturated heterocycles. The quantitative estimate of drug-likeness (QED) is 0.503. The standard InChI is InChI=1S/C14H21BrF3O3P/c1-4-19-22(15,20-5-2,21-6-3)11-12-7-9-13(10-8-12)14(16,17)18/h7-10H,4-6,11H2,1-3H3. The molecule has 0 spiro atoms. The van der Waals surface area contributed by atoms with Gasteiger partial charge in [0, 0.05) is 0 Å². The van der Waals surface area contributed by atoms with Crippen LogP contribution in [0, 0.1) is 0 Å². The number of rotatable bonds is 8. The number of hydrogen-bond acceptors (Lipinski definition) is 3. The molecule has 0 aromatic heterocycles. The molecular weight excluding hydrogens is 384 g/mol. The molecule has 128 valence electrons. The number of alkyl halides is 3. The molecule has 1 aromatic carbocycles. The van der Waals surface area contributed by atoms with Crippen molar-refractivity contribution in [3.63, 3.8) is 0 Å². The van der Waals surface area contributed by atoms with Gasteiger partial charge in [-0.1, -0.05) is 0 Å². The monoisotopic (exact) mass is 404 g/mol. The van der Waals surface area contributed by atoms with Gasteiger partial charge in [-0.05, 0) is 0 Å². The molecule has 0 atom stereocenters. The Morgan fingerprint density at radius 2 is 1.32 bits per heavy atom. The van der Waals surface area contributed by atoms with Crippen LogP contribution < -0.4 is 0 Å². The Bertz CT molecular complexity index is 459. The van der Waals surface area contributed by atoms with Gasteiger partial charge < -0.3 is 0 Å². The molecule has 8 heteroatoms. The maximum absolute atomic E-state index is 12.6. The maximum atomic E-state index is 12.6. The second kappa shape index (κ2) is 7.58. The van der Waals surface area contributed by atoms with E-state index < -0.39 is 17.7 Å². The first-order chi connectivity index (χ1) is 10.2. The van der Waals surface area contributed by atoms with Crippen LogP contribution in [0.2, 0.25) is 0 Å². The summed E-state index contributed by atoms with van der Waals surface area (Å²) in [6.07, 6.45) is -4.11. The molecule has 1 aromatic rings. The van der Waals surface area contributed by atoms with Crippen molar-refractivity contribution in [2.24, 2.45) is 0 Å². The summed E-state index contributed by atoms with van der Waals surface area (Å²) in [5.41, 5.74) is -0.0340. The van der Waals surface area contributed by atoms with E-state index in [0.29, 0.717) is 25.4 Å². The van der Waals surface area contributed by atoms with E-state index in [4.69, 9.17) is 13.6 Å². The van der Waals surface area contributed by atoms with Gasteiger partial charge in [-0.25, -0.2) is 0 Å². The SMILES string of the molecule is CCOP(Br)(Cc1ccc(C(F)(F)F)cc1)(OCC)OCC. The van der Waals surface area contributed by atoms with Crippen LogP contribution >= 0.6 is 21.5 Å². The van der Waals surface area contributed by atoms with Crippen LogP contribution in [0.15, 0.2) is 24.3 Å². The molecule has 0 aliphatic heterocycles. The fourth-order valence-electron chi connectivity index (χ4n) is 2.08. The average Bonchev–Trinajstić information content (AvgIpc) is 2.38. The molecule has 0 aliphatic carbocycles. The zero-order valence-corrected chi connectivity index (χ0v) is 15.3. The molecule has 0 N–H and O–H groups in total. The first-order valence-electron chi connectivity index (χ1n) is 7.01. The summed E-state index contributed by atoms with van der Waals surface area (Å²) in [5, 5.41) is 0. The molecule has 0 aliphatic rings. The summed E-state index contributed by atoms with van der Waals surface area (Å²) >= 11 is 3.51. The Hall–Kier alpha value is -0.200. The summed E-state index contributed by atoms with van der Waals surface area (Å²) in [6.45, 7) is 6.53. The van der Waals surface area contributed by atoms with Crippen molar-refractivity contribution < 1.29 is 26.7 Å². The molecule has 0 amide bonds. The van der Waals surface area contributed by atoms with Crippen molar-refractivity contribution in [3.8, 4) is 0 Å². The average molecular weight is 405 g/mol. The molecule has 22 heavy (non-hydrogen) atoms. The van der Waals surface area contributed by atoms with Crippen molar-refractivity contribution in [2.75, 3.05) is 19.8 Å². The minimum absolute atomic E-state index is 0.235. The van der Waals surface area contributed by atoms with Crippen LogP contribution in [-0.2, 0) is 25.9 Å². The second-order valence-corrected chi connectivity index (χ2v) is 11.6. The Morgan fingerprint density at radius 3 is 1.64 bits per heavy atom. The second-order valence-electron chi connectivity index (χ2n) is 4.54. The fourth-order valence-corrected chi connectivity index (χ4v) is 7.55. The van der Waals surface area contributed by atoms with E-state index in [2.05, 4.69) is 15.5 Å². The van der Waals surface area contributed by atoms with Gasteiger partial charge in [-0.15, -0.1) is 0 Å². The van der Waals surface area contributed by atoms with Crippen molar-refractivity contribution >= 4 is 21.5 Å². The van der Waals surface area contributed by atoms with E-state index in [-0.39, 0.29) is 6.16 Å². The zero-order valence-electron chi connectivity index (χ0n) is 12.8. The van der Waals surface area contributed by atoms with Gasteiger partial charge >= 0.3 is 137 Å². The van der Waals surface area contributed by atoms with Crippen LogP contribution in [0.4, 0.5) is 13.2 Å². The molecular formula is C14H21BrF3O3P. The summed E-state index contributed by atoms with van der Waals surface area (Å²) in [4.78, 5) is 0. The Kier molecular flexibility index (Phi) is 6.84. The normalized spacial score (nSPS) is 14.6. The van der Waals surface area contributed by atoms with Gasteiger partial charge in [0.25, 0.3) is 0 Å². The molecule has 0 saturated carbocycles. The number of hydrogen-bond donors (Lipinski definition) is 0. The van der Waals surface area contributed by atoms with Gasteiger partial charge in [-0.3, -0.25) is 0 Å². The molecule has 1 rings (SSSR count). The number of halogens is 4. The van der Waals surface area contributed by atoms with E-state index in [1.807, 2.05) is 20.8 Å². The summed E-state index contributed by atoms with van der Waals surface area (Å²) in [6, 6.07) is 4.94. The van der Waals surface area contributed by atoms with E-state index in [1.54, 1.807) is 0 Å². The Balaban J connectivity index is 3.08. The Morgan fingerprint density at radius 1 is 0.909 bits per heavy atom. The first kappa shape index (κ1) is 19.8. The molecule has 3 nitrogen and oxygen atoms in total. The third kappa shape index (κ3) is 5.17. The van der Waals surface area contributed by atoms with E-state index in [0.717, 1.165) is 12.1 Å². The van der Waals surface area contributed by atoms with E-state index in [9.17, 15) is 13.2 Å². The summed E-state index contributed by atoms with van der Waals surface area (Å²) in [7, 11) is 0. The van der Waals surface area contributed by atoms with Crippen LogP contribution in [0.5, 0.6) is 0 Å². The number of benzene rings is 1. The van der Waals surface area contributed by atoms with Gasteiger partial charge in [0.15, 0.2) is 0 Å². The third-order valence-electron chi connectivity index (χ3n) is 2.84. The molecule has 0 heterocycles. The fraction of sp³-hybridized carbons (Fsp3) is 0.571.